The lowest BCUT2D eigenvalue weighted by molar-refractivity contribution is -0.140. The van der Waals surface area contributed by atoms with Gasteiger partial charge in [0, 0.05) is 12.1 Å². The molecule has 6 nitrogen and oxygen atoms in total. The van der Waals surface area contributed by atoms with Crippen molar-refractivity contribution in [2.75, 3.05) is 20.3 Å². The predicted octanol–water partition coefficient (Wildman–Crippen LogP) is 3.08. The molecule has 1 aromatic heterocycles. The summed E-state index contributed by atoms with van der Waals surface area (Å²) in [4.78, 5) is 31.6. The van der Waals surface area contributed by atoms with E-state index in [0.717, 1.165) is 5.56 Å². The summed E-state index contributed by atoms with van der Waals surface area (Å²) < 4.78 is 12.4. The Balaban J connectivity index is 1.91. The van der Waals surface area contributed by atoms with E-state index in [9.17, 15) is 9.59 Å². The second-order valence-electron chi connectivity index (χ2n) is 7.14. The van der Waals surface area contributed by atoms with E-state index in [1.807, 2.05) is 48.5 Å². The SMILES string of the molecule is COCCOC(=O)C1=C(C)N=c2sc(=Cc3ccccc3)c(=O)n2C1c1ccccc1Cl. The Kier molecular flexibility index (Phi) is 6.69. The molecule has 0 N–H and O–H groups in total. The van der Waals surface area contributed by atoms with Crippen LogP contribution in [0, 0.1) is 0 Å². The first-order valence-corrected chi connectivity index (χ1v) is 11.2. The lowest BCUT2D eigenvalue weighted by Gasteiger charge is -2.25. The molecule has 0 fully saturated rings. The van der Waals surface area contributed by atoms with Crippen LogP contribution in [0.2, 0.25) is 5.02 Å². The Morgan fingerprint density at radius 3 is 2.59 bits per heavy atom. The molecule has 8 heteroatoms. The molecule has 2 aromatic carbocycles. The number of aromatic nitrogens is 1. The molecule has 164 valence electrons. The van der Waals surface area contributed by atoms with Crippen LogP contribution in [0.5, 0.6) is 0 Å². The highest BCUT2D eigenvalue weighted by Crippen LogP contribution is 2.34. The normalized spacial score (nSPS) is 16.0. The highest BCUT2D eigenvalue weighted by Gasteiger charge is 2.34. The molecule has 1 atom stereocenters. The molecule has 3 aromatic rings. The third-order valence-electron chi connectivity index (χ3n) is 5.06. The van der Waals surface area contributed by atoms with Crippen molar-refractivity contribution in [2.24, 2.45) is 4.99 Å². The molecule has 32 heavy (non-hydrogen) atoms. The summed E-state index contributed by atoms with van der Waals surface area (Å²) in [5.41, 5.74) is 2.08. The van der Waals surface area contributed by atoms with Crippen molar-refractivity contribution in [2.45, 2.75) is 13.0 Å². The van der Waals surface area contributed by atoms with Gasteiger partial charge in [-0.05, 0) is 30.2 Å². The fourth-order valence-electron chi connectivity index (χ4n) is 3.57. The smallest absolute Gasteiger partial charge is 0.338 e. The average molecular weight is 469 g/mol. The largest absolute Gasteiger partial charge is 0.460 e. The fraction of sp³-hybridized carbons (Fsp3) is 0.208. The number of hydrogen-bond acceptors (Lipinski definition) is 6. The summed E-state index contributed by atoms with van der Waals surface area (Å²) in [6, 6.07) is 16.0. The van der Waals surface area contributed by atoms with Crippen LogP contribution >= 0.6 is 22.9 Å². The van der Waals surface area contributed by atoms with Crippen LogP contribution in [0.1, 0.15) is 24.1 Å². The van der Waals surface area contributed by atoms with E-state index in [4.69, 9.17) is 21.1 Å². The summed E-state index contributed by atoms with van der Waals surface area (Å²) in [7, 11) is 1.53. The molecule has 1 unspecified atom stereocenters. The lowest BCUT2D eigenvalue weighted by Crippen LogP contribution is -2.40. The molecule has 0 saturated carbocycles. The Morgan fingerprint density at radius 1 is 1.16 bits per heavy atom. The molecule has 4 rings (SSSR count). The Morgan fingerprint density at radius 2 is 1.88 bits per heavy atom. The van der Waals surface area contributed by atoms with E-state index in [0.29, 0.717) is 25.6 Å². The molecule has 1 aliphatic rings. The third kappa shape index (κ3) is 4.32. The first-order valence-electron chi connectivity index (χ1n) is 9.99. The molecule has 0 spiro atoms. The average Bonchev–Trinajstić information content (AvgIpc) is 3.08. The van der Waals surface area contributed by atoms with Crippen LogP contribution in [-0.2, 0) is 14.3 Å². The molecule has 0 amide bonds. The summed E-state index contributed by atoms with van der Waals surface area (Å²) in [5.74, 6) is -0.550. The topological polar surface area (TPSA) is 69.9 Å². The number of benzene rings is 2. The van der Waals surface area contributed by atoms with E-state index in [-0.39, 0.29) is 24.3 Å². The van der Waals surface area contributed by atoms with E-state index < -0.39 is 12.0 Å². The van der Waals surface area contributed by atoms with E-state index in [2.05, 4.69) is 4.99 Å². The van der Waals surface area contributed by atoms with Crippen molar-refractivity contribution in [1.82, 2.24) is 4.57 Å². The number of nitrogens with zero attached hydrogens (tertiary/aromatic N) is 2. The monoisotopic (exact) mass is 468 g/mol. The summed E-state index contributed by atoms with van der Waals surface area (Å²) >= 11 is 7.79. The van der Waals surface area contributed by atoms with Crippen LogP contribution in [-0.4, -0.2) is 30.9 Å². The number of thiazole rings is 1. The van der Waals surface area contributed by atoms with Gasteiger partial charge in [0.1, 0.15) is 12.6 Å². The minimum atomic E-state index is -0.743. The Labute approximate surface area is 193 Å². The zero-order valence-corrected chi connectivity index (χ0v) is 19.2. The number of halogens is 1. The van der Waals surface area contributed by atoms with Crippen molar-refractivity contribution in [1.29, 1.82) is 0 Å². The van der Waals surface area contributed by atoms with Gasteiger partial charge in [-0.1, -0.05) is 71.5 Å². The van der Waals surface area contributed by atoms with Crippen molar-refractivity contribution >= 4 is 35.0 Å². The number of rotatable bonds is 6. The number of carbonyl (C=O) groups is 1. The molecule has 0 radical (unpaired) electrons. The van der Waals surface area contributed by atoms with Gasteiger partial charge in [0.15, 0.2) is 4.80 Å². The predicted molar refractivity (Wildman–Crippen MR) is 124 cm³/mol. The second kappa shape index (κ2) is 9.65. The van der Waals surface area contributed by atoms with Gasteiger partial charge >= 0.3 is 5.97 Å². The summed E-state index contributed by atoms with van der Waals surface area (Å²) in [6.45, 7) is 2.11. The molecular weight excluding hydrogens is 448 g/mol. The minimum Gasteiger partial charge on any atom is -0.460 e. The van der Waals surface area contributed by atoms with Gasteiger partial charge in [-0.3, -0.25) is 9.36 Å². The van der Waals surface area contributed by atoms with Gasteiger partial charge in [-0.15, -0.1) is 0 Å². The number of carbonyl (C=O) groups excluding carboxylic acids is 1. The van der Waals surface area contributed by atoms with E-state index >= 15 is 0 Å². The zero-order valence-electron chi connectivity index (χ0n) is 17.6. The maximum absolute atomic E-state index is 13.5. The fourth-order valence-corrected chi connectivity index (χ4v) is 4.86. The van der Waals surface area contributed by atoms with E-state index in [1.165, 1.54) is 23.0 Å². The highest BCUT2D eigenvalue weighted by atomic mass is 35.5. The van der Waals surface area contributed by atoms with Crippen molar-refractivity contribution in [3.63, 3.8) is 0 Å². The van der Waals surface area contributed by atoms with Gasteiger partial charge in [0.25, 0.3) is 5.56 Å². The third-order valence-corrected chi connectivity index (χ3v) is 6.39. The number of fused-ring (bicyclic) bond motifs is 1. The number of hydrogen-bond donors (Lipinski definition) is 0. The van der Waals surface area contributed by atoms with Crippen LogP contribution in [0.3, 0.4) is 0 Å². The van der Waals surface area contributed by atoms with Crippen molar-refractivity contribution in [3.05, 3.63) is 102 Å². The zero-order chi connectivity index (χ0) is 22.7. The maximum atomic E-state index is 13.5. The quantitative estimate of drug-likeness (QED) is 0.412. The molecule has 0 aliphatic carbocycles. The van der Waals surface area contributed by atoms with Gasteiger partial charge < -0.3 is 9.47 Å². The first-order chi connectivity index (χ1) is 15.5. The summed E-state index contributed by atoms with van der Waals surface area (Å²) in [5, 5.41) is 0.451. The molecule has 0 saturated heterocycles. The molecule has 1 aliphatic heterocycles. The minimum absolute atomic E-state index is 0.0970. The van der Waals surface area contributed by atoms with Gasteiger partial charge in [-0.25, -0.2) is 9.79 Å². The second-order valence-corrected chi connectivity index (χ2v) is 8.56. The van der Waals surface area contributed by atoms with Gasteiger partial charge in [0.05, 0.1) is 22.4 Å². The molecule has 2 heterocycles. The van der Waals surface area contributed by atoms with E-state index in [1.54, 1.807) is 19.1 Å². The van der Waals surface area contributed by atoms with Crippen LogP contribution in [0.15, 0.2) is 75.7 Å². The summed E-state index contributed by atoms with van der Waals surface area (Å²) in [6.07, 6.45) is 1.82. The van der Waals surface area contributed by atoms with Crippen LogP contribution in [0.4, 0.5) is 0 Å². The number of esters is 1. The molecular formula is C24H21ClN2O4S. The highest BCUT2D eigenvalue weighted by molar-refractivity contribution is 7.07. The maximum Gasteiger partial charge on any atom is 0.338 e. The number of ether oxygens (including phenoxy) is 2. The van der Waals surface area contributed by atoms with Crippen molar-refractivity contribution in [3.8, 4) is 0 Å². The number of allylic oxidation sites excluding steroid dienone is 1. The van der Waals surface area contributed by atoms with Crippen molar-refractivity contribution < 1.29 is 14.3 Å². The first kappa shape index (κ1) is 22.2. The van der Waals surface area contributed by atoms with Crippen LogP contribution in [0.25, 0.3) is 6.08 Å². The van der Waals surface area contributed by atoms with Gasteiger partial charge in [0.2, 0.25) is 0 Å². The lowest BCUT2D eigenvalue weighted by atomic mass is 9.96. The standard InChI is InChI=1S/C24H21ClN2O4S/c1-15-20(23(29)31-13-12-30-2)21(17-10-6-7-11-18(17)25)27-22(28)19(32-24(27)26-15)14-16-8-4-3-5-9-16/h3-11,14,21H,12-13H2,1-2H3. The van der Waals surface area contributed by atoms with Gasteiger partial charge in [-0.2, -0.15) is 0 Å². The van der Waals surface area contributed by atoms with Crippen LogP contribution < -0.4 is 14.9 Å². The Hall–Kier alpha value is -3.00. The molecule has 0 bridgehead atoms. The Bertz CT molecular complexity index is 1360. The number of methoxy groups -OCH3 is 1.